The summed E-state index contributed by atoms with van der Waals surface area (Å²) in [6.07, 6.45) is -0.450. The van der Waals surface area contributed by atoms with Gasteiger partial charge in [0.15, 0.2) is 5.78 Å². The van der Waals surface area contributed by atoms with E-state index in [2.05, 4.69) is 10.6 Å². The zero-order chi connectivity index (χ0) is 23.5. The van der Waals surface area contributed by atoms with Gasteiger partial charge in [0.25, 0.3) is 0 Å². The first-order valence-electron chi connectivity index (χ1n) is 11.1. The van der Waals surface area contributed by atoms with Crippen LogP contribution in [0.3, 0.4) is 0 Å². The largest absolute Gasteiger partial charge is 0.376 e. The number of likely N-dealkylation sites (tertiary alicyclic amines) is 1. The maximum absolute atomic E-state index is 14.2. The number of Topliss-reactive ketones (excluding diaryl/α,β-unsaturated/α-hetero) is 1. The fourth-order valence-electron chi connectivity index (χ4n) is 4.33. The molecule has 1 aliphatic carbocycles. The van der Waals surface area contributed by atoms with E-state index in [0.29, 0.717) is 11.3 Å². The Morgan fingerprint density at radius 2 is 1.76 bits per heavy atom. The van der Waals surface area contributed by atoms with Crippen molar-refractivity contribution in [1.82, 2.24) is 10.2 Å². The number of carbonyl (C=O) groups excluding carboxylic acids is 3. The van der Waals surface area contributed by atoms with E-state index in [1.807, 2.05) is 30.3 Å². The second-order valence-corrected chi connectivity index (χ2v) is 8.59. The zero-order valence-electron chi connectivity index (χ0n) is 18.4. The first-order chi connectivity index (χ1) is 15.8. The van der Waals surface area contributed by atoms with Crippen molar-refractivity contribution in [1.29, 1.82) is 5.41 Å². The van der Waals surface area contributed by atoms with E-state index >= 15 is 0 Å². The molecule has 1 heterocycles. The number of ketones is 1. The number of rotatable bonds is 8. The number of para-hydroxylation sites is 1. The van der Waals surface area contributed by atoms with E-state index in [1.54, 1.807) is 24.3 Å². The number of alkyl halides is 1. The van der Waals surface area contributed by atoms with Crippen LogP contribution in [0.4, 0.5) is 10.1 Å². The van der Waals surface area contributed by atoms with Crippen molar-refractivity contribution in [2.45, 2.75) is 43.9 Å². The van der Waals surface area contributed by atoms with E-state index in [9.17, 15) is 18.8 Å². The summed E-state index contributed by atoms with van der Waals surface area (Å²) in [5.41, 5.74) is 1.85. The van der Waals surface area contributed by atoms with Crippen LogP contribution in [0.15, 0.2) is 54.6 Å². The highest BCUT2D eigenvalue weighted by atomic mass is 19.1. The number of anilines is 1. The number of hydrogen-bond donors (Lipinski definition) is 3. The fourth-order valence-corrected chi connectivity index (χ4v) is 4.33. The molecule has 7 nitrogen and oxygen atoms in total. The van der Waals surface area contributed by atoms with Gasteiger partial charge in [-0.3, -0.25) is 19.8 Å². The number of carbonyl (C=O) groups is 3. The van der Waals surface area contributed by atoms with Gasteiger partial charge < -0.3 is 15.5 Å². The summed E-state index contributed by atoms with van der Waals surface area (Å²) in [5, 5.41) is 13.9. The summed E-state index contributed by atoms with van der Waals surface area (Å²) in [6.45, 7) is 1.01. The predicted octanol–water partition coefficient (Wildman–Crippen LogP) is 2.67. The Morgan fingerprint density at radius 3 is 2.48 bits per heavy atom. The molecular weight excluding hydrogens is 423 g/mol. The van der Waals surface area contributed by atoms with Crippen LogP contribution in [-0.4, -0.2) is 59.6 Å². The Hall–Kier alpha value is -3.55. The highest BCUT2D eigenvalue weighted by Gasteiger charge is 2.44. The maximum atomic E-state index is 14.2. The summed E-state index contributed by atoms with van der Waals surface area (Å²) in [6, 6.07) is 15.8. The minimum absolute atomic E-state index is 0.00175. The van der Waals surface area contributed by atoms with Gasteiger partial charge >= 0.3 is 0 Å². The van der Waals surface area contributed by atoms with Crippen LogP contribution in [0.2, 0.25) is 0 Å². The third-order valence-electron chi connectivity index (χ3n) is 6.20. The Kier molecular flexibility index (Phi) is 6.53. The Balaban J connectivity index is 1.37. The second-order valence-electron chi connectivity index (χ2n) is 8.59. The number of hydrogen-bond acceptors (Lipinski definition) is 5. The molecule has 4 atom stereocenters. The quantitative estimate of drug-likeness (QED) is 0.538. The maximum Gasteiger partial charge on any atom is 0.243 e. The standard InChI is InChI=1S/C25H27FN4O3/c1-15(31)24(27)18-9-5-6-10-20(18)28-13-23(32)30-14-17(26)11-22(30)25(33)29-21-12-19(21)16-7-3-2-4-8-16/h2-10,17,19,21-22,27-28H,11-14H2,1H3,(H,29,33). The molecule has 0 spiro atoms. The molecule has 2 amide bonds. The Bertz CT molecular complexity index is 1070. The van der Waals surface area contributed by atoms with Gasteiger partial charge in [-0.25, -0.2) is 4.39 Å². The molecular formula is C25H27FN4O3. The number of amides is 2. The third kappa shape index (κ3) is 5.10. The van der Waals surface area contributed by atoms with Crippen molar-refractivity contribution in [2.75, 3.05) is 18.4 Å². The topological polar surface area (TPSA) is 102 Å². The molecule has 8 heteroatoms. The number of benzene rings is 2. The van der Waals surface area contributed by atoms with E-state index in [1.165, 1.54) is 11.8 Å². The lowest BCUT2D eigenvalue weighted by Gasteiger charge is -2.24. The normalized spacial score (nSPS) is 23.6. The molecule has 33 heavy (non-hydrogen) atoms. The van der Waals surface area contributed by atoms with Crippen molar-refractivity contribution in [2.24, 2.45) is 0 Å². The third-order valence-corrected chi connectivity index (χ3v) is 6.20. The van der Waals surface area contributed by atoms with Crippen molar-refractivity contribution in [3.05, 3.63) is 65.7 Å². The van der Waals surface area contributed by atoms with Crippen LogP contribution in [0.1, 0.15) is 36.8 Å². The van der Waals surface area contributed by atoms with Crippen molar-refractivity contribution < 1.29 is 18.8 Å². The molecule has 2 fully saturated rings. The van der Waals surface area contributed by atoms with E-state index in [4.69, 9.17) is 5.41 Å². The van der Waals surface area contributed by atoms with Gasteiger partial charge in [0, 0.05) is 36.6 Å². The summed E-state index contributed by atoms with van der Waals surface area (Å²) < 4.78 is 14.2. The highest BCUT2D eigenvalue weighted by Crippen LogP contribution is 2.40. The monoisotopic (exact) mass is 450 g/mol. The second kappa shape index (κ2) is 9.52. The number of nitrogens with one attached hydrogen (secondary N) is 3. The van der Waals surface area contributed by atoms with Gasteiger partial charge in [0.1, 0.15) is 17.9 Å². The van der Waals surface area contributed by atoms with Gasteiger partial charge in [0.2, 0.25) is 11.8 Å². The molecule has 0 aromatic heterocycles. The fraction of sp³-hybridized carbons (Fsp3) is 0.360. The minimum Gasteiger partial charge on any atom is -0.376 e. The first kappa shape index (κ1) is 22.6. The molecule has 0 radical (unpaired) electrons. The van der Waals surface area contributed by atoms with Crippen molar-refractivity contribution in [3.63, 3.8) is 0 Å². The molecule has 2 aromatic rings. The molecule has 3 N–H and O–H groups in total. The van der Waals surface area contributed by atoms with Crippen LogP contribution in [0.5, 0.6) is 0 Å². The van der Waals surface area contributed by atoms with Crippen molar-refractivity contribution in [3.8, 4) is 0 Å². The number of nitrogens with zero attached hydrogens (tertiary/aromatic N) is 1. The molecule has 2 aliphatic rings. The molecule has 1 saturated heterocycles. The lowest BCUT2D eigenvalue weighted by molar-refractivity contribution is -0.137. The van der Waals surface area contributed by atoms with E-state index < -0.39 is 18.1 Å². The molecule has 0 bridgehead atoms. The SMILES string of the molecule is CC(=O)C(=N)c1ccccc1NCC(=O)N1CC(F)CC1C(=O)NC1CC1c1ccccc1. The van der Waals surface area contributed by atoms with Crippen LogP contribution in [-0.2, 0) is 14.4 Å². The van der Waals surface area contributed by atoms with Crippen LogP contribution >= 0.6 is 0 Å². The lowest BCUT2D eigenvalue weighted by Crippen LogP contribution is -2.48. The number of halogens is 1. The van der Waals surface area contributed by atoms with Crippen LogP contribution < -0.4 is 10.6 Å². The molecule has 2 aromatic carbocycles. The average Bonchev–Trinajstić information content (AvgIpc) is 3.47. The molecule has 172 valence electrons. The molecule has 4 unspecified atom stereocenters. The predicted molar refractivity (Wildman–Crippen MR) is 123 cm³/mol. The average molecular weight is 451 g/mol. The minimum atomic E-state index is -1.26. The summed E-state index contributed by atoms with van der Waals surface area (Å²) in [5.74, 6) is -0.877. The highest BCUT2D eigenvalue weighted by molar-refractivity contribution is 6.45. The van der Waals surface area contributed by atoms with Gasteiger partial charge in [-0.05, 0) is 18.1 Å². The summed E-state index contributed by atoms with van der Waals surface area (Å²) in [4.78, 5) is 38.6. The Labute approximate surface area is 191 Å². The lowest BCUT2D eigenvalue weighted by atomic mass is 10.1. The van der Waals surface area contributed by atoms with E-state index in [-0.39, 0.29) is 48.9 Å². The molecule has 4 rings (SSSR count). The Morgan fingerprint density at radius 1 is 1.06 bits per heavy atom. The molecule has 1 saturated carbocycles. The van der Waals surface area contributed by atoms with E-state index in [0.717, 1.165) is 12.0 Å². The summed E-state index contributed by atoms with van der Waals surface area (Å²) in [7, 11) is 0. The van der Waals surface area contributed by atoms with Gasteiger partial charge in [-0.1, -0.05) is 48.5 Å². The molecule has 1 aliphatic heterocycles. The summed E-state index contributed by atoms with van der Waals surface area (Å²) >= 11 is 0. The zero-order valence-corrected chi connectivity index (χ0v) is 18.4. The van der Waals surface area contributed by atoms with Crippen molar-refractivity contribution >= 4 is 29.0 Å². The smallest absolute Gasteiger partial charge is 0.243 e. The van der Waals surface area contributed by atoms with Crippen LogP contribution in [0, 0.1) is 5.41 Å². The van der Waals surface area contributed by atoms with Crippen LogP contribution in [0.25, 0.3) is 0 Å². The van der Waals surface area contributed by atoms with Gasteiger partial charge in [-0.15, -0.1) is 0 Å². The van der Waals surface area contributed by atoms with Gasteiger partial charge in [-0.2, -0.15) is 0 Å². The first-order valence-corrected chi connectivity index (χ1v) is 11.1. The van der Waals surface area contributed by atoms with Gasteiger partial charge in [0.05, 0.1) is 13.1 Å².